The fourth-order valence-electron chi connectivity index (χ4n) is 1.45. The minimum Gasteiger partial charge on any atom is -0.462 e. The normalized spacial score (nSPS) is 15.8. The number of ether oxygens (including phenoxy) is 2. The lowest BCUT2D eigenvalue weighted by molar-refractivity contribution is -0.159. The summed E-state index contributed by atoms with van der Waals surface area (Å²) in [5.74, 6) is -1.24. The van der Waals surface area contributed by atoms with Gasteiger partial charge in [0.2, 0.25) is 5.76 Å². The largest absolute Gasteiger partial charge is 0.462 e. The average Bonchev–Trinajstić information content (AvgIpc) is 2.74. The molecular formula is C12H19NO5. The SMILES string of the molecule is CCOC(=O)C1=C(C(=O)OCC)ON(C(C)C)C1. The fraction of sp³-hybridized carbons (Fsp3) is 0.667. The van der Waals surface area contributed by atoms with Crippen molar-refractivity contribution < 1.29 is 23.9 Å². The van der Waals surface area contributed by atoms with Gasteiger partial charge < -0.3 is 14.3 Å². The first kappa shape index (κ1) is 14.5. The van der Waals surface area contributed by atoms with E-state index in [-0.39, 0.29) is 37.1 Å². The summed E-state index contributed by atoms with van der Waals surface area (Å²) in [6.07, 6.45) is 0. The van der Waals surface area contributed by atoms with Crippen molar-refractivity contribution in [3.63, 3.8) is 0 Å². The third kappa shape index (κ3) is 3.22. The van der Waals surface area contributed by atoms with Gasteiger partial charge in [0, 0.05) is 6.04 Å². The van der Waals surface area contributed by atoms with Crippen molar-refractivity contribution in [1.29, 1.82) is 0 Å². The van der Waals surface area contributed by atoms with Gasteiger partial charge in [-0.2, -0.15) is 0 Å². The quantitative estimate of drug-likeness (QED) is 0.685. The first-order valence-electron chi connectivity index (χ1n) is 6.03. The molecule has 6 heteroatoms. The first-order valence-corrected chi connectivity index (χ1v) is 6.03. The van der Waals surface area contributed by atoms with E-state index in [1.807, 2.05) is 13.8 Å². The smallest absolute Gasteiger partial charge is 0.376 e. The van der Waals surface area contributed by atoms with E-state index in [2.05, 4.69) is 0 Å². The molecule has 1 aliphatic rings. The van der Waals surface area contributed by atoms with E-state index in [1.165, 1.54) is 0 Å². The zero-order valence-corrected chi connectivity index (χ0v) is 11.2. The molecule has 0 unspecified atom stereocenters. The Morgan fingerprint density at radius 3 is 2.28 bits per heavy atom. The van der Waals surface area contributed by atoms with Crippen molar-refractivity contribution in [2.24, 2.45) is 0 Å². The molecule has 0 atom stereocenters. The highest BCUT2D eigenvalue weighted by atomic mass is 16.7. The van der Waals surface area contributed by atoms with Crippen molar-refractivity contribution in [3.05, 3.63) is 11.3 Å². The van der Waals surface area contributed by atoms with Crippen LogP contribution in [0.1, 0.15) is 27.7 Å². The Balaban J connectivity index is 2.90. The fourth-order valence-corrected chi connectivity index (χ4v) is 1.45. The van der Waals surface area contributed by atoms with Crippen LogP contribution in [0, 0.1) is 0 Å². The van der Waals surface area contributed by atoms with Gasteiger partial charge in [-0.15, -0.1) is 5.06 Å². The molecule has 0 saturated carbocycles. The number of carbonyl (C=O) groups is 2. The van der Waals surface area contributed by atoms with Gasteiger partial charge >= 0.3 is 11.9 Å². The molecule has 1 aliphatic heterocycles. The van der Waals surface area contributed by atoms with Gasteiger partial charge in [0.15, 0.2) is 0 Å². The highest BCUT2D eigenvalue weighted by Gasteiger charge is 2.36. The molecule has 0 spiro atoms. The highest BCUT2D eigenvalue weighted by Crippen LogP contribution is 2.23. The molecule has 0 aromatic heterocycles. The predicted octanol–water partition coefficient (Wildman–Crippen LogP) is 1.02. The highest BCUT2D eigenvalue weighted by molar-refractivity contribution is 5.99. The number of esters is 2. The molecule has 0 aromatic rings. The molecule has 0 aromatic carbocycles. The van der Waals surface area contributed by atoms with E-state index >= 15 is 0 Å². The van der Waals surface area contributed by atoms with Crippen LogP contribution in [0.5, 0.6) is 0 Å². The summed E-state index contributed by atoms with van der Waals surface area (Å²) in [4.78, 5) is 28.8. The number of nitrogens with zero attached hydrogens (tertiary/aromatic N) is 1. The Kier molecular flexibility index (Phi) is 5.15. The van der Waals surface area contributed by atoms with Gasteiger partial charge in [0.25, 0.3) is 0 Å². The van der Waals surface area contributed by atoms with Crippen molar-refractivity contribution in [1.82, 2.24) is 5.06 Å². The van der Waals surface area contributed by atoms with Gasteiger partial charge in [-0.05, 0) is 27.7 Å². The molecule has 18 heavy (non-hydrogen) atoms. The lowest BCUT2D eigenvalue weighted by Crippen LogP contribution is -2.28. The second-order valence-electron chi connectivity index (χ2n) is 4.01. The molecule has 1 rings (SSSR count). The third-order valence-electron chi connectivity index (χ3n) is 2.36. The van der Waals surface area contributed by atoms with Crippen LogP contribution in [0.2, 0.25) is 0 Å². The molecule has 0 fully saturated rings. The average molecular weight is 257 g/mol. The summed E-state index contributed by atoms with van der Waals surface area (Å²) < 4.78 is 9.76. The molecule has 0 N–H and O–H groups in total. The number of hydrogen-bond donors (Lipinski definition) is 0. The molecular weight excluding hydrogens is 238 g/mol. The minimum absolute atomic E-state index is 0.0429. The van der Waals surface area contributed by atoms with Crippen molar-refractivity contribution >= 4 is 11.9 Å². The Morgan fingerprint density at radius 2 is 1.78 bits per heavy atom. The van der Waals surface area contributed by atoms with Crippen LogP contribution >= 0.6 is 0 Å². The molecule has 0 amide bonds. The van der Waals surface area contributed by atoms with E-state index in [0.717, 1.165) is 0 Å². The second-order valence-corrected chi connectivity index (χ2v) is 4.01. The van der Waals surface area contributed by atoms with Gasteiger partial charge in [0.1, 0.15) is 5.57 Å². The lowest BCUT2D eigenvalue weighted by atomic mass is 10.2. The molecule has 1 heterocycles. The predicted molar refractivity (Wildman–Crippen MR) is 63.2 cm³/mol. The molecule has 102 valence electrons. The Labute approximate surface area is 106 Å². The summed E-state index contributed by atoms with van der Waals surface area (Å²) >= 11 is 0. The standard InChI is InChI=1S/C12H19NO5/c1-5-16-11(14)9-7-13(8(3)4)18-10(9)12(15)17-6-2/h8H,5-7H2,1-4H3. The van der Waals surface area contributed by atoms with E-state index in [1.54, 1.807) is 18.9 Å². The van der Waals surface area contributed by atoms with E-state index in [0.29, 0.717) is 0 Å². The summed E-state index contributed by atoms with van der Waals surface area (Å²) in [6, 6.07) is 0.0429. The van der Waals surface area contributed by atoms with Crippen LogP contribution < -0.4 is 0 Å². The molecule has 0 saturated heterocycles. The Morgan fingerprint density at radius 1 is 1.22 bits per heavy atom. The third-order valence-corrected chi connectivity index (χ3v) is 2.36. The summed E-state index contributed by atoms with van der Waals surface area (Å²) in [7, 11) is 0. The van der Waals surface area contributed by atoms with Crippen LogP contribution in [-0.2, 0) is 23.9 Å². The first-order chi connectivity index (χ1) is 8.51. The van der Waals surface area contributed by atoms with Crippen molar-refractivity contribution in [2.75, 3.05) is 19.8 Å². The number of hydrogen-bond acceptors (Lipinski definition) is 6. The van der Waals surface area contributed by atoms with Gasteiger partial charge in [-0.1, -0.05) is 0 Å². The Bertz CT molecular complexity index is 331. The van der Waals surface area contributed by atoms with Gasteiger partial charge in [0.05, 0.1) is 19.8 Å². The summed E-state index contributed by atoms with van der Waals surface area (Å²) in [5.41, 5.74) is 0.212. The second kappa shape index (κ2) is 6.39. The van der Waals surface area contributed by atoms with Crippen molar-refractivity contribution in [3.8, 4) is 0 Å². The molecule has 6 nitrogen and oxygen atoms in total. The topological polar surface area (TPSA) is 65.1 Å². The van der Waals surface area contributed by atoms with E-state index in [9.17, 15) is 9.59 Å². The minimum atomic E-state index is -0.635. The molecule has 0 aliphatic carbocycles. The molecule has 0 bridgehead atoms. The van der Waals surface area contributed by atoms with E-state index < -0.39 is 11.9 Å². The number of rotatable bonds is 5. The Hall–Kier alpha value is -1.56. The molecule has 0 radical (unpaired) electrons. The van der Waals surface area contributed by atoms with Crippen molar-refractivity contribution in [2.45, 2.75) is 33.7 Å². The maximum Gasteiger partial charge on any atom is 0.376 e. The van der Waals surface area contributed by atoms with Crippen LogP contribution in [0.3, 0.4) is 0 Å². The van der Waals surface area contributed by atoms with Crippen LogP contribution in [-0.4, -0.2) is 42.8 Å². The lowest BCUT2D eigenvalue weighted by Gasteiger charge is -2.19. The zero-order chi connectivity index (χ0) is 13.7. The number of carbonyl (C=O) groups excluding carboxylic acids is 2. The van der Waals surface area contributed by atoms with Crippen LogP contribution in [0.25, 0.3) is 0 Å². The maximum absolute atomic E-state index is 11.7. The monoisotopic (exact) mass is 257 g/mol. The van der Waals surface area contributed by atoms with Crippen LogP contribution in [0.4, 0.5) is 0 Å². The van der Waals surface area contributed by atoms with E-state index in [4.69, 9.17) is 14.3 Å². The van der Waals surface area contributed by atoms with Gasteiger partial charge in [-0.3, -0.25) is 0 Å². The van der Waals surface area contributed by atoms with Crippen LogP contribution in [0.15, 0.2) is 11.3 Å². The maximum atomic E-state index is 11.7. The summed E-state index contributed by atoms with van der Waals surface area (Å²) in [6.45, 7) is 7.90. The summed E-state index contributed by atoms with van der Waals surface area (Å²) in [5, 5.41) is 1.54. The van der Waals surface area contributed by atoms with Gasteiger partial charge in [-0.25, -0.2) is 9.59 Å². The zero-order valence-electron chi connectivity index (χ0n) is 11.2. The number of hydroxylamine groups is 2.